The van der Waals surface area contributed by atoms with E-state index in [-0.39, 0.29) is 18.3 Å². The molecular formula is C21H34N4O3. The Hall–Kier alpha value is -1.60. The Morgan fingerprint density at radius 2 is 2.07 bits per heavy atom. The van der Waals surface area contributed by atoms with Crippen LogP contribution in [0.1, 0.15) is 57.1 Å². The highest BCUT2D eigenvalue weighted by atomic mass is 16.6. The summed E-state index contributed by atoms with van der Waals surface area (Å²) >= 11 is 0. The maximum Gasteiger partial charge on any atom is 0.407 e. The molecule has 3 aliphatic rings. The summed E-state index contributed by atoms with van der Waals surface area (Å²) in [6.07, 6.45) is 12.7. The highest BCUT2D eigenvalue weighted by molar-refractivity contribution is 5.67. The fourth-order valence-corrected chi connectivity index (χ4v) is 4.82. The molecule has 0 aromatic carbocycles. The van der Waals surface area contributed by atoms with Crippen LogP contribution in [0.15, 0.2) is 12.5 Å². The van der Waals surface area contributed by atoms with Crippen molar-refractivity contribution in [2.45, 2.75) is 70.1 Å². The van der Waals surface area contributed by atoms with Gasteiger partial charge in [-0.15, -0.1) is 0 Å². The first kappa shape index (κ1) is 19.7. The molecule has 1 N–H and O–H groups in total. The Balaban J connectivity index is 1.15. The van der Waals surface area contributed by atoms with Crippen molar-refractivity contribution in [3.8, 4) is 0 Å². The minimum atomic E-state index is -0.278. The second kappa shape index (κ2) is 8.82. The van der Waals surface area contributed by atoms with E-state index in [2.05, 4.69) is 26.8 Å². The predicted molar refractivity (Wildman–Crippen MR) is 106 cm³/mol. The largest absolute Gasteiger partial charge is 0.446 e. The van der Waals surface area contributed by atoms with E-state index in [0.29, 0.717) is 12.0 Å². The van der Waals surface area contributed by atoms with Gasteiger partial charge in [0.15, 0.2) is 0 Å². The van der Waals surface area contributed by atoms with E-state index in [9.17, 15) is 4.79 Å². The average Bonchev–Trinajstić information content (AvgIpc) is 3.35. The standard InChI is InChI=1S/C21H34N4O3/c1-24-16-22-12-17(24)14-25-10-8-21(9-11-25)7-6-19(27-15-21)13-23-20(26)28-18-4-2-3-5-18/h12,16,18-19H,2-11,13-15H2,1H3,(H,23,26). The second-order valence-corrected chi connectivity index (χ2v) is 8.94. The van der Waals surface area contributed by atoms with Crippen molar-refractivity contribution < 1.29 is 14.3 Å². The fraction of sp³-hybridized carbons (Fsp3) is 0.810. The van der Waals surface area contributed by atoms with E-state index < -0.39 is 0 Å². The third-order valence-corrected chi connectivity index (χ3v) is 6.89. The van der Waals surface area contributed by atoms with Crippen LogP contribution in [-0.2, 0) is 23.1 Å². The number of amides is 1. The van der Waals surface area contributed by atoms with E-state index in [4.69, 9.17) is 9.47 Å². The number of carbonyl (C=O) groups excluding carboxylic acids is 1. The van der Waals surface area contributed by atoms with Crippen LogP contribution in [0, 0.1) is 5.41 Å². The molecule has 156 valence electrons. The molecule has 3 fully saturated rings. The van der Waals surface area contributed by atoms with Crippen LogP contribution in [0.5, 0.6) is 0 Å². The molecule has 7 nitrogen and oxygen atoms in total. The molecule has 3 heterocycles. The quantitative estimate of drug-likeness (QED) is 0.837. The summed E-state index contributed by atoms with van der Waals surface area (Å²) < 4.78 is 13.7. The number of nitrogens with one attached hydrogen (secondary N) is 1. The summed E-state index contributed by atoms with van der Waals surface area (Å²) in [6.45, 7) is 4.59. The summed E-state index contributed by atoms with van der Waals surface area (Å²) in [7, 11) is 2.06. The van der Waals surface area contributed by atoms with Crippen LogP contribution in [0.25, 0.3) is 0 Å². The molecule has 2 saturated heterocycles. The van der Waals surface area contributed by atoms with E-state index in [1.165, 1.54) is 37.8 Å². The zero-order valence-electron chi connectivity index (χ0n) is 17.1. The van der Waals surface area contributed by atoms with Gasteiger partial charge in [-0.3, -0.25) is 4.90 Å². The second-order valence-electron chi connectivity index (χ2n) is 8.94. The smallest absolute Gasteiger partial charge is 0.407 e. The molecule has 1 atom stereocenters. The monoisotopic (exact) mass is 390 g/mol. The zero-order valence-corrected chi connectivity index (χ0v) is 17.1. The zero-order chi connectivity index (χ0) is 19.4. The van der Waals surface area contributed by atoms with Crippen molar-refractivity contribution in [3.63, 3.8) is 0 Å². The highest BCUT2D eigenvalue weighted by Crippen LogP contribution is 2.40. The number of hydrogen-bond acceptors (Lipinski definition) is 5. The number of ether oxygens (including phenoxy) is 2. The maximum absolute atomic E-state index is 11.9. The van der Waals surface area contributed by atoms with Crippen molar-refractivity contribution in [2.24, 2.45) is 12.5 Å². The summed E-state index contributed by atoms with van der Waals surface area (Å²) in [5.41, 5.74) is 1.59. The number of imidazole rings is 1. The number of alkyl carbamates (subject to hydrolysis) is 1. The minimum absolute atomic E-state index is 0.118. The van der Waals surface area contributed by atoms with Gasteiger partial charge in [-0.1, -0.05) is 0 Å². The minimum Gasteiger partial charge on any atom is -0.446 e. The van der Waals surface area contributed by atoms with Crippen molar-refractivity contribution >= 4 is 6.09 Å². The van der Waals surface area contributed by atoms with Gasteiger partial charge in [-0.25, -0.2) is 9.78 Å². The van der Waals surface area contributed by atoms with Crippen molar-refractivity contribution in [3.05, 3.63) is 18.2 Å². The first-order valence-corrected chi connectivity index (χ1v) is 10.9. The van der Waals surface area contributed by atoms with Gasteiger partial charge in [0.2, 0.25) is 0 Å². The van der Waals surface area contributed by atoms with Gasteiger partial charge in [0.25, 0.3) is 0 Å². The van der Waals surface area contributed by atoms with Gasteiger partial charge < -0.3 is 19.4 Å². The highest BCUT2D eigenvalue weighted by Gasteiger charge is 2.39. The van der Waals surface area contributed by atoms with E-state index in [0.717, 1.165) is 45.5 Å². The topological polar surface area (TPSA) is 68.6 Å². The average molecular weight is 391 g/mol. The molecule has 1 aromatic heterocycles. The Morgan fingerprint density at radius 1 is 1.29 bits per heavy atom. The lowest BCUT2D eigenvalue weighted by Crippen LogP contribution is -2.47. The fourth-order valence-electron chi connectivity index (χ4n) is 4.82. The van der Waals surface area contributed by atoms with Crippen LogP contribution in [0.2, 0.25) is 0 Å². The Kier molecular flexibility index (Phi) is 6.21. The SMILES string of the molecule is Cn1cncc1CN1CCC2(CCC(CNC(=O)OC3CCCC3)OC2)CC1. The van der Waals surface area contributed by atoms with Crippen molar-refractivity contribution in [1.29, 1.82) is 0 Å². The van der Waals surface area contributed by atoms with Gasteiger partial charge in [0.1, 0.15) is 6.10 Å². The van der Waals surface area contributed by atoms with Gasteiger partial charge >= 0.3 is 6.09 Å². The molecule has 0 bridgehead atoms. The lowest BCUT2D eigenvalue weighted by Gasteiger charge is -2.45. The Bertz CT molecular complexity index is 638. The number of likely N-dealkylation sites (tertiary alicyclic amines) is 1. The lowest BCUT2D eigenvalue weighted by atomic mass is 9.73. The number of rotatable bonds is 5. The predicted octanol–water partition coefficient (Wildman–Crippen LogP) is 2.85. The molecule has 1 aromatic rings. The molecule has 2 aliphatic heterocycles. The molecule has 1 amide bonds. The summed E-state index contributed by atoms with van der Waals surface area (Å²) in [5, 5.41) is 2.91. The maximum atomic E-state index is 11.9. The van der Waals surface area contributed by atoms with Crippen LogP contribution in [0.4, 0.5) is 4.79 Å². The van der Waals surface area contributed by atoms with E-state index >= 15 is 0 Å². The number of aryl methyl sites for hydroxylation is 1. The Labute approximate surface area is 167 Å². The number of carbonyl (C=O) groups is 1. The molecule has 1 saturated carbocycles. The number of nitrogens with zero attached hydrogens (tertiary/aromatic N) is 3. The number of piperidine rings is 1. The normalized spacial score (nSPS) is 25.8. The summed E-state index contributed by atoms with van der Waals surface area (Å²) in [5.74, 6) is 0. The van der Waals surface area contributed by atoms with E-state index in [1.54, 1.807) is 0 Å². The van der Waals surface area contributed by atoms with Gasteiger partial charge in [0, 0.05) is 26.3 Å². The van der Waals surface area contributed by atoms with E-state index in [1.807, 2.05) is 12.5 Å². The first-order chi connectivity index (χ1) is 13.6. The van der Waals surface area contributed by atoms with Gasteiger partial charge in [-0.2, -0.15) is 0 Å². The van der Waals surface area contributed by atoms with Crippen LogP contribution in [-0.4, -0.2) is 59.0 Å². The molecule has 1 spiro atoms. The lowest BCUT2D eigenvalue weighted by molar-refractivity contribution is -0.0850. The van der Waals surface area contributed by atoms with Gasteiger partial charge in [-0.05, 0) is 69.9 Å². The Morgan fingerprint density at radius 3 is 2.71 bits per heavy atom. The van der Waals surface area contributed by atoms with Crippen molar-refractivity contribution in [2.75, 3.05) is 26.2 Å². The van der Waals surface area contributed by atoms with Crippen molar-refractivity contribution in [1.82, 2.24) is 19.8 Å². The molecule has 7 heteroatoms. The molecule has 28 heavy (non-hydrogen) atoms. The third-order valence-electron chi connectivity index (χ3n) is 6.89. The molecule has 0 radical (unpaired) electrons. The molecule has 1 aliphatic carbocycles. The summed E-state index contributed by atoms with van der Waals surface area (Å²) in [6, 6.07) is 0. The number of hydrogen-bond donors (Lipinski definition) is 1. The van der Waals surface area contributed by atoms with Gasteiger partial charge in [0.05, 0.1) is 24.7 Å². The number of aromatic nitrogens is 2. The van der Waals surface area contributed by atoms with Crippen LogP contribution >= 0.6 is 0 Å². The van der Waals surface area contributed by atoms with Crippen LogP contribution in [0.3, 0.4) is 0 Å². The third kappa shape index (κ3) is 4.87. The molecular weight excluding hydrogens is 356 g/mol. The molecule has 1 unspecified atom stereocenters. The first-order valence-electron chi connectivity index (χ1n) is 10.9. The molecule has 4 rings (SSSR count). The van der Waals surface area contributed by atoms with Crippen LogP contribution < -0.4 is 5.32 Å². The summed E-state index contributed by atoms with van der Waals surface area (Å²) in [4.78, 5) is 18.7.